The number of carbonyl (C=O) groups excluding carboxylic acids is 1. The number of alkyl halides is 1. The van der Waals surface area contributed by atoms with Gasteiger partial charge in [-0.25, -0.2) is 0 Å². The van der Waals surface area contributed by atoms with E-state index in [1.54, 1.807) is 13.2 Å². The van der Waals surface area contributed by atoms with E-state index in [9.17, 15) is 4.79 Å². The molecule has 0 saturated carbocycles. The fraction of sp³-hybridized carbons (Fsp3) is 0.545. The molecule has 0 aliphatic heterocycles. The molecule has 1 N–H and O–H groups in total. The number of amides is 1. The largest absolute Gasteiger partial charge is 0.468 e. The molecule has 0 bridgehead atoms. The van der Waals surface area contributed by atoms with Gasteiger partial charge in [-0.05, 0) is 33.2 Å². The van der Waals surface area contributed by atoms with E-state index in [2.05, 4.69) is 21.2 Å². The van der Waals surface area contributed by atoms with Crippen LogP contribution in [0.2, 0.25) is 0 Å². The van der Waals surface area contributed by atoms with Gasteiger partial charge in [0.05, 0.1) is 17.1 Å². The third-order valence-corrected chi connectivity index (χ3v) is 2.74. The van der Waals surface area contributed by atoms with Crippen LogP contribution in [0.15, 0.2) is 22.8 Å². The van der Waals surface area contributed by atoms with Crippen molar-refractivity contribution in [3.8, 4) is 0 Å². The van der Waals surface area contributed by atoms with Crippen LogP contribution < -0.4 is 5.32 Å². The number of hydrogen-bond donors (Lipinski definition) is 1. The molecule has 2 unspecified atom stereocenters. The summed E-state index contributed by atoms with van der Waals surface area (Å²) in [4.78, 5) is 13.3. The quantitative estimate of drug-likeness (QED) is 0.840. The Morgan fingerprint density at radius 3 is 2.75 bits per heavy atom. The Morgan fingerprint density at radius 2 is 2.31 bits per heavy atom. The number of nitrogens with one attached hydrogen (secondary N) is 1. The summed E-state index contributed by atoms with van der Waals surface area (Å²) in [6.07, 6.45) is 1.64. The average molecular weight is 289 g/mol. The van der Waals surface area contributed by atoms with Gasteiger partial charge in [0.15, 0.2) is 0 Å². The van der Waals surface area contributed by atoms with Crippen molar-refractivity contribution in [1.29, 1.82) is 0 Å². The Balaban J connectivity index is 2.57. The normalized spacial score (nSPS) is 14.8. The lowest BCUT2D eigenvalue weighted by Crippen LogP contribution is -2.37. The van der Waals surface area contributed by atoms with Crippen molar-refractivity contribution >= 4 is 21.8 Å². The maximum Gasteiger partial charge on any atom is 0.233 e. The summed E-state index contributed by atoms with van der Waals surface area (Å²) in [7, 11) is 3.91. The van der Waals surface area contributed by atoms with Crippen LogP contribution in [0.3, 0.4) is 0 Å². The molecule has 1 amide bonds. The van der Waals surface area contributed by atoms with Crippen molar-refractivity contribution in [1.82, 2.24) is 10.2 Å². The minimum Gasteiger partial charge on any atom is -0.468 e. The molecule has 0 aliphatic rings. The lowest BCUT2D eigenvalue weighted by atomic mass is 10.2. The van der Waals surface area contributed by atoms with E-state index in [4.69, 9.17) is 4.42 Å². The maximum atomic E-state index is 11.4. The van der Waals surface area contributed by atoms with E-state index >= 15 is 0 Å². The van der Waals surface area contributed by atoms with Gasteiger partial charge in [-0.2, -0.15) is 0 Å². The molecule has 1 aromatic rings. The summed E-state index contributed by atoms with van der Waals surface area (Å²) in [6.45, 7) is 2.34. The van der Waals surface area contributed by atoms with Gasteiger partial charge >= 0.3 is 0 Å². The third kappa shape index (κ3) is 3.64. The minimum atomic E-state index is -0.174. The first-order valence-electron chi connectivity index (χ1n) is 5.14. The fourth-order valence-corrected chi connectivity index (χ4v) is 1.52. The standard InChI is InChI=1S/C11H17BrN2O2/c1-8(12)11(15)13-7-9(14(2)3)10-5-4-6-16-10/h4-6,8-9H,7H2,1-3H3,(H,13,15). The highest BCUT2D eigenvalue weighted by Crippen LogP contribution is 2.17. The molecule has 0 aromatic carbocycles. The average Bonchev–Trinajstić information content (AvgIpc) is 2.70. The Kier molecular flexibility index (Phi) is 5.02. The van der Waals surface area contributed by atoms with Crippen molar-refractivity contribution < 1.29 is 9.21 Å². The molecule has 1 aromatic heterocycles. The smallest absolute Gasteiger partial charge is 0.233 e. The van der Waals surface area contributed by atoms with E-state index in [1.807, 2.05) is 31.1 Å². The summed E-state index contributed by atoms with van der Waals surface area (Å²) in [5.41, 5.74) is 0. The highest BCUT2D eigenvalue weighted by Gasteiger charge is 2.18. The first-order chi connectivity index (χ1) is 7.52. The van der Waals surface area contributed by atoms with E-state index in [0.29, 0.717) is 6.54 Å². The fourth-order valence-electron chi connectivity index (χ4n) is 1.36. The Morgan fingerprint density at radius 1 is 1.62 bits per heavy atom. The summed E-state index contributed by atoms with van der Waals surface area (Å²) in [5.74, 6) is 0.839. The van der Waals surface area contributed by atoms with Crippen molar-refractivity contribution in [3.63, 3.8) is 0 Å². The van der Waals surface area contributed by atoms with Crippen LogP contribution in [0.5, 0.6) is 0 Å². The van der Waals surface area contributed by atoms with Crippen molar-refractivity contribution in [2.75, 3.05) is 20.6 Å². The lowest BCUT2D eigenvalue weighted by molar-refractivity contribution is -0.120. The molecule has 4 nitrogen and oxygen atoms in total. The number of nitrogens with zero attached hydrogens (tertiary/aromatic N) is 1. The Bertz CT molecular complexity index is 323. The molecule has 0 radical (unpaired) electrons. The molecule has 0 spiro atoms. The number of carbonyl (C=O) groups is 1. The van der Waals surface area contributed by atoms with Crippen molar-refractivity contribution in [3.05, 3.63) is 24.2 Å². The molecule has 90 valence electrons. The molecule has 0 aliphatic carbocycles. The van der Waals surface area contributed by atoms with Gasteiger partial charge in [0, 0.05) is 6.54 Å². The second kappa shape index (κ2) is 6.06. The Hall–Kier alpha value is -0.810. The molecule has 2 atom stereocenters. The maximum absolute atomic E-state index is 11.4. The second-order valence-electron chi connectivity index (χ2n) is 3.86. The molecule has 5 heteroatoms. The highest BCUT2D eigenvalue weighted by molar-refractivity contribution is 9.10. The minimum absolute atomic E-state index is 0.0154. The predicted octanol–water partition coefficient (Wildman–Crippen LogP) is 1.78. The lowest BCUT2D eigenvalue weighted by Gasteiger charge is -2.22. The Labute approximate surface area is 104 Å². The first kappa shape index (κ1) is 13.3. The monoisotopic (exact) mass is 288 g/mol. The van der Waals surface area contributed by atoms with Gasteiger partial charge in [0.1, 0.15) is 5.76 Å². The van der Waals surface area contributed by atoms with E-state index in [-0.39, 0.29) is 16.8 Å². The topological polar surface area (TPSA) is 45.5 Å². The molecular weight excluding hydrogens is 272 g/mol. The molecule has 1 heterocycles. The third-order valence-electron chi connectivity index (χ3n) is 2.33. The van der Waals surface area contributed by atoms with Gasteiger partial charge in [-0.1, -0.05) is 15.9 Å². The number of likely N-dealkylation sites (N-methyl/N-ethyl adjacent to an activating group) is 1. The van der Waals surface area contributed by atoms with Crippen LogP contribution in [0.25, 0.3) is 0 Å². The zero-order chi connectivity index (χ0) is 12.1. The van der Waals surface area contributed by atoms with Gasteiger partial charge in [0.25, 0.3) is 0 Å². The van der Waals surface area contributed by atoms with E-state index in [1.165, 1.54) is 0 Å². The number of halogens is 1. The summed E-state index contributed by atoms with van der Waals surface area (Å²) < 4.78 is 5.35. The van der Waals surface area contributed by atoms with Crippen LogP contribution in [0.4, 0.5) is 0 Å². The molecule has 0 saturated heterocycles. The molecule has 16 heavy (non-hydrogen) atoms. The van der Waals surface area contributed by atoms with E-state index < -0.39 is 0 Å². The van der Waals surface area contributed by atoms with Gasteiger partial charge in [0.2, 0.25) is 5.91 Å². The summed E-state index contributed by atoms with van der Waals surface area (Å²) >= 11 is 3.23. The SMILES string of the molecule is CC(Br)C(=O)NCC(c1ccco1)N(C)C. The molecular formula is C11H17BrN2O2. The predicted molar refractivity (Wildman–Crippen MR) is 66.5 cm³/mol. The van der Waals surface area contributed by atoms with Gasteiger partial charge < -0.3 is 9.73 Å². The van der Waals surface area contributed by atoms with Crippen LogP contribution in [-0.2, 0) is 4.79 Å². The van der Waals surface area contributed by atoms with Crippen molar-refractivity contribution in [2.24, 2.45) is 0 Å². The van der Waals surface area contributed by atoms with Crippen LogP contribution in [0.1, 0.15) is 18.7 Å². The number of furan rings is 1. The summed E-state index contributed by atoms with van der Waals surface area (Å²) in [5, 5.41) is 2.86. The zero-order valence-corrected chi connectivity index (χ0v) is 11.3. The van der Waals surface area contributed by atoms with Crippen LogP contribution in [-0.4, -0.2) is 36.3 Å². The van der Waals surface area contributed by atoms with E-state index in [0.717, 1.165) is 5.76 Å². The van der Waals surface area contributed by atoms with Gasteiger partial charge in [-0.3, -0.25) is 9.69 Å². The molecule has 0 fully saturated rings. The van der Waals surface area contributed by atoms with Crippen molar-refractivity contribution in [2.45, 2.75) is 17.8 Å². The second-order valence-corrected chi connectivity index (χ2v) is 5.23. The zero-order valence-electron chi connectivity index (χ0n) is 9.74. The molecule has 1 rings (SSSR count). The van der Waals surface area contributed by atoms with Crippen LogP contribution in [0, 0.1) is 0 Å². The highest BCUT2D eigenvalue weighted by atomic mass is 79.9. The number of rotatable bonds is 5. The van der Waals surface area contributed by atoms with Gasteiger partial charge in [-0.15, -0.1) is 0 Å². The first-order valence-corrected chi connectivity index (χ1v) is 6.05. The van der Waals surface area contributed by atoms with Crippen LogP contribution >= 0.6 is 15.9 Å². The summed E-state index contributed by atoms with van der Waals surface area (Å²) in [6, 6.07) is 3.82. The number of hydrogen-bond acceptors (Lipinski definition) is 3.